The fourth-order valence-electron chi connectivity index (χ4n) is 2.01. The molecular weight excluding hydrogens is 360 g/mol. The molecule has 3 rings (SSSR count). The van der Waals surface area contributed by atoms with Gasteiger partial charge in [-0.3, -0.25) is 0 Å². The molecular formula is C13H11BrN2O4S. The number of thiazole rings is 1. The molecule has 2 N–H and O–H groups in total. The van der Waals surface area contributed by atoms with Crippen molar-refractivity contribution in [2.24, 2.45) is 0 Å². The third-order valence-electron chi connectivity index (χ3n) is 2.88. The molecule has 0 aliphatic carbocycles. The van der Waals surface area contributed by atoms with E-state index in [4.69, 9.17) is 19.9 Å². The van der Waals surface area contributed by atoms with Gasteiger partial charge in [-0.25, -0.2) is 9.78 Å². The summed E-state index contributed by atoms with van der Waals surface area (Å²) in [5.74, 6) is 0.750. The first-order chi connectivity index (χ1) is 10.1. The Balaban J connectivity index is 2.13. The first kappa shape index (κ1) is 14.2. The highest BCUT2D eigenvalue weighted by Crippen LogP contribution is 2.43. The SMILES string of the molecule is COC(=O)c1nc(N)sc1-c1cc(Br)c2c(c1)OCCO2. The average Bonchev–Trinajstić information content (AvgIpc) is 2.88. The second kappa shape index (κ2) is 5.53. The lowest BCUT2D eigenvalue weighted by Crippen LogP contribution is -2.15. The van der Waals surface area contributed by atoms with Crippen LogP contribution in [0.1, 0.15) is 10.5 Å². The van der Waals surface area contributed by atoms with Crippen LogP contribution in [0.5, 0.6) is 11.5 Å². The molecule has 0 saturated heterocycles. The molecule has 1 aromatic heterocycles. The van der Waals surface area contributed by atoms with Gasteiger partial charge in [0.05, 0.1) is 16.5 Å². The number of hydrogen-bond acceptors (Lipinski definition) is 7. The summed E-state index contributed by atoms with van der Waals surface area (Å²) in [5, 5.41) is 0.302. The summed E-state index contributed by atoms with van der Waals surface area (Å²) >= 11 is 4.67. The molecule has 0 fully saturated rings. The van der Waals surface area contributed by atoms with Gasteiger partial charge in [0.25, 0.3) is 0 Å². The maximum absolute atomic E-state index is 11.8. The molecule has 0 radical (unpaired) electrons. The number of carbonyl (C=O) groups excluding carboxylic acids is 1. The average molecular weight is 371 g/mol. The summed E-state index contributed by atoms with van der Waals surface area (Å²) in [6.07, 6.45) is 0. The number of anilines is 1. The van der Waals surface area contributed by atoms with Crippen molar-refractivity contribution in [2.45, 2.75) is 0 Å². The van der Waals surface area contributed by atoms with Crippen LogP contribution in [0.15, 0.2) is 16.6 Å². The van der Waals surface area contributed by atoms with Crippen molar-refractivity contribution >= 4 is 38.4 Å². The number of nitrogens with zero attached hydrogens (tertiary/aromatic N) is 1. The molecule has 0 amide bonds. The van der Waals surface area contributed by atoms with E-state index in [1.54, 1.807) is 6.07 Å². The fraction of sp³-hybridized carbons (Fsp3) is 0.231. The van der Waals surface area contributed by atoms with Crippen molar-refractivity contribution < 1.29 is 19.0 Å². The van der Waals surface area contributed by atoms with Gasteiger partial charge in [0, 0.05) is 0 Å². The van der Waals surface area contributed by atoms with Crippen LogP contribution in [0.2, 0.25) is 0 Å². The molecule has 6 nitrogen and oxygen atoms in total. The van der Waals surface area contributed by atoms with E-state index in [1.165, 1.54) is 18.4 Å². The molecule has 2 aromatic rings. The lowest BCUT2D eigenvalue weighted by molar-refractivity contribution is 0.0596. The number of rotatable bonds is 2. The standard InChI is InChI=1S/C13H11BrN2O4S/c1-18-12(17)9-11(21-13(15)16-9)6-4-7(14)10-8(5-6)19-2-3-20-10/h4-5H,2-3H2,1H3,(H2,15,16). The zero-order valence-corrected chi connectivity index (χ0v) is 13.4. The minimum absolute atomic E-state index is 0.198. The number of ether oxygens (including phenoxy) is 3. The Bertz CT molecular complexity index is 716. The van der Waals surface area contributed by atoms with Gasteiger partial charge in [0.2, 0.25) is 0 Å². The minimum atomic E-state index is -0.524. The van der Waals surface area contributed by atoms with Crippen LogP contribution in [0.4, 0.5) is 5.13 Å². The molecule has 1 aliphatic heterocycles. The van der Waals surface area contributed by atoms with Gasteiger partial charge < -0.3 is 19.9 Å². The molecule has 0 atom stereocenters. The second-order valence-electron chi connectivity index (χ2n) is 4.20. The predicted octanol–water partition coefficient (Wildman–Crippen LogP) is 2.71. The zero-order chi connectivity index (χ0) is 15.0. The summed E-state index contributed by atoms with van der Waals surface area (Å²) in [6.45, 7) is 0.990. The molecule has 21 heavy (non-hydrogen) atoms. The van der Waals surface area contributed by atoms with Crippen LogP contribution in [0, 0.1) is 0 Å². The van der Waals surface area contributed by atoms with E-state index in [0.717, 1.165) is 10.0 Å². The number of carbonyl (C=O) groups is 1. The maximum atomic E-state index is 11.8. The van der Waals surface area contributed by atoms with E-state index in [9.17, 15) is 4.79 Å². The number of methoxy groups -OCH3 is 1. The van der Waals surface area contributed by atoms with E-state index in [0.29, 0.717) is 34.7 Å². The lowest BCUT2D eigenvalue weighted by atomic mass is 10.1. The van der Waals surface area contributed by atoms with E-state index < -0.39 is 5.97 Å². The molecule has 8 heteroatoms. The highest BCUT2D eigenvalue weighted by Gasteiger charge is 2.23. The van der Waals surface area contributed by atoms with Crippen LogP contribution in [-0.2, 0) is 4.74 Å². The summed E-state index contributed by atoms with van der Waals surface area (Å²) in [7, 11) is 1.31. The molecule has 0 unspecified atom stereocenters. The first-order valence-electron chi connectivity index (χ1n) is 6.04. The van der Waals surface area contributed by atoms with Gasteiger partial charge in [-0.15, -0.1) is 0 Å². The van der Waals surface area contributed by atoms with Crippen molar-refractivity contribution in [3.63, 3.8) is 0 Å². The molecule has 1 aromatic carbocycles. The van der Waals surface area contributed by atoms with E-state index >= 15 is 0 Å². The number of aromatic nitrogens is 1. The van der Waals surface area contributed by atoms with Crippen LogP contribution < -0.4 is 15.2 Å². The first-order valence-corrected chi connectivity index (χ1v) is 7.65. The van der Waals surface area contributed by atoms with E-state index in [-0.39, 0.29) is 5.69 Å². The maximum Gasteiger partial charge on any atom is 0.358 e. The highest BCUT2D eigenvalue weighted by atomic mass is 79.9. The van der Waals surface area contributed by atoms with Gasteiger partial charge in [0.15, 0.2) is 22.3 Å². The fourth-order valence-corrected chi connectivity index (χ4v) is 3.37. The quantitative estimate of drug-likeness (QED) is 0.818. The molecule has 1 aliphatic rings. The summed E-state index contributed by atoms with van der Waals surface area (Å²) in [5.41, 5.74) is 6.68. The summed E-state index contributed by atoms with van der Waals surface area (Å²) < 4.78 is 16.6. The minimum Gasteiger partial charge on any atom is -0.486 e. The van der Waals surface area contributed by atoms with Gasteiger partial charge >= 0.3 is 5.97 Å². The highest BCUT2D eigenvalue weighted by molar-refractivity contribution is 9.10. The Labute approximate surface area is 133 Å². The normalized spacial score (nSPS) is 13.0. The van der Waals surface area contributed by atoms with Crippen LogP contribution in [0.3, 0.4) is 0 Å². The molecule has 110 valence electrons. The van der Waals surface area contributed by atoms with E-state index in [1.807, 2.05) is 6.07 Å². The van der Waals surface area contributed by atoms with Gasteiger partial charge in [-0.2, -0.15) is 0 Å². The van der Waals surface area contributed by atoms with Crippen LogP contribution in [-0.4, -0.2) is 31.3 Å². The lowest BCUT2D eigenvalue weighted by Gasteiger charge is -2.20. The topological polar surface area (TPSA) is 83.7 Å². The largest absolute Gasteiger partial charge is 0.486 e. The van der Waals surface area contributed by atoms with Gasteiger partial charge in [0.1, 0.15) is 13.2 Å². The van der Waals surface area contributed by atoms with Crippen LogP contribution in [0.25, 0.3) is 10.4 Å². The van der Waals surface area contributed by atoms with Gasteiger partial charge in [-0.05, 0) is 33.6 Å². The Morgan fingerprint density at radius 3 is 2.95 bits per heavy atom. The van der Waals surface area contributed by atoms with Crippen molar-refractivity contribution in [3.8, 4) is 21.9 Å². The van der Waals surface area contributed by atoms with Crippen molar-refractivity contribution in [1.82, 2.24) is 4.98 Å². The summed E-state index contributed by atoms with van der Waals surface area (Å²) in [4.78, 5) is 16.5. The Morgan fingerprint density at radius 1 is 1.43 bits per heavy atom. The third-order valence-corrected chi connectivity index (χ3v) is 4.40. The molecule has 0 spiro atoms. The monoisotopic (exact) mass is 370 g/mol. The van der Waals surface area contributed by atoms with Crippen molar-refractivity contribution in [2.75, 3.05) is 26.1 Å². The van der Waals surface area contributed by atoms with Crippen LogP contribution >= 0.6 is 27.3 Å². The molecule has 0 bridgehead atoms. The number of halogens is 1. The number of nitrogen functional groups attached to an aromatic ring is 1. The Hall–Kier alpha value is -1.80. The molecule has 2 heterocycles. The number of fused-ring (bicyclic) bond motifs is 1. The second-order valence-corrected chi connectivity index (χ2v) is 6.09. The third kappa shape index (κ3) is 2.56. The number of esters is 1. The van der Waals surface area contributed by atoms with Crippen molar-refractivity contribution in [3.05, 3.63) is 22.3 Å². The Kier molecular flexibility index (Phi) is 3.73. The Morgan fingerprint density at radius 2 is 2.19 bits per heavy atom. The predicted molar refractivity (Wildman–Crippen MR) is 82.0 cm³/mol. The van der Waals surface area contributed by atoms with E-state index in [2.05, 4.69) is 20.9 Å². The summed E-state index contributed by atoms with van der Waals surface area (Å²) in [6, 6.07) is 3.64. The molecule has 0 saturated carbocycles. The van der Waals surface area contributed by atoms with Crippen molar-refractivity contribution in [1.29, 1.82) is 0 Å². The number of nitrogens with two attached hydrogens (primary N) is 1. The number of benzene rings is 1. The zero-order valence-electron chi connectivity index (χ0n) is 11.0. The van der Waals surface area contributed by atoms with Gasteiger partial charge in [-0.1, -0.05) is 11.3 Å². The number of hydrogen-bond donors (Lipinski definition) is 1. The smallest absolute Gasteiger partial charge is 0.358 e.